The number of nitrogens with zero attached hydrogens (tertiary/aromatic N) is 4. The van der Waals surface area contributed by atoms with Crippen molar-refractivity contribution in [1.29, 1.82) is 0 Å². The second-order valence-electron chi connectivity index (χ2n) is 7.57. The van der Waals surface area contributed by atoms with Gasteiger partial charge in [0, 0.05) is 11.3 Å². The zero-order valence-electron chi connectivity index (χ0n) is 20.2. The number of allylic oxidation sites excluding steroid dienone is 1. The van der Waals surface area contributed by atoms with Crippen LogP contribution in [0.1, 0.15) is 5.56 Å². The van der Waals surface area contributed by atoms with E-state index in [1.807, 2.05) is 83.4 Å². The number of hydrazone groups is 1. The molecule has 0 saturated carbocycles. The van der Waals surface area contributed by atoms with Gasteiger partial charge in [-0.3, -0.25) is 9.36 Å². The number of ether oxygens (including phenoxy) is 2. The Balaban J connectivity index is 1.50. The number of nitrogens with one attached hydrogen (secondary N) is 1. The summed E-state index contributed by atoms with van der Waals surface area (Å²) in [6.45, 7) is 0. The molecule has 0 atom stereocenters. The molecule has 0 radical (unpaired) electrons. The first-order chi connectivity index (χ1) is 18.1. The van der Waals surface area contributed by atoms with Crippen molar-refractivity contribution in [3.05, 3.63) is 89.5 Å². The Labute approximate surface area is 224 Å². The highest BCUT2D eigenvalue weighted by Crippen LogP contribution is 2.34. The van der Waals surface area contributed by atoms with E-state index in [-0.39, 0.29) is 11.7 Å². The highest BCUT2D eigenvalue weighted by Gasteiger charge is 2.18. The summed E-state index contributed by atoms with van der Waals surface area (Å²) in [7, 11) is 3.16. The second-order valence-corrected chi connectivity index (χ2v) is 8.95. The van der Waals surface area contributed by atoms with E-state index in [4.69, 9.17) is 21.1 Å². The van der Waals surface area contributed by atoms with Crippen molar-refractivity contribution in [3.63, 3.8) is 0 Å². The normalized spacial score (nSPS) is 11.5. The number of carbonyl (C=O) groups is 1. The number of thioether (sulfide) groups is 1. The van der Waals surface area contributed by atoms with E-state index in [0.717, 1.165) is 16.8 Å². The average Bonchev–Trinajstić information content (AvgIpc) is 3.36. The van der Waals surface area contributed by atoms with Crippen LogP contribution < -0.4 is 14.9 Å². The van der Waals surface area contributed by atoms with Crippen LogP contribution in [0.25, 0.3) is 23.2 Å². The van der Waals surface area contributed by atoms with Crippen LogP contribution in [0.3, 0.4) is 0 Å². The third-order valence-corrected chi connectivity index (χ3v) is 6.24. The number of rotatable bonds is 10. The summed E-state index contributed by atoms with van der Waals surface area (Å²) in [6, 6.07) is 24.8. The molecule has 4 aromatic rings. The average molecular weight is 534 g/mol. The van der Waals surface area contributed by atoms with Gasteiger partial charge in [0.1, 0.15) is 0 Å². The van der Waals surface area contributed by atoms with Crippen molar-refractivity contribution in [2.24, 2.45) is 5.10 Å². The Morgan fingerprint density at radius 2 is 1.70 bits per heavy atom. The first-order valence-electron chi connectivity index (χ1n) is 11.2. The fourth-order valence-corrected chi connectivity index (χ4v) is 4.33. The van der Waals surface area contributed by atoms with E-state index in [9.17, 15) is 4.79 Å². The maximum Gasteiger partial charge on any atom is 0.250 e. The Morgan fingerprint density at radius 1 is 1.00 bits per heavy atom. The lowest BCUT2D eigenvalue weighted by Gasteiger charge is -2.12. The summed E-state index contributed by atoms with van der Waals surface area (Å²) in [5.74, 6) is 1.57. The largest absolute Gasteiger partial charge is 0.493 e. The van der Waals surface area contributed by atoms with Gasteiger partial charge in [-0.25, -0.2) is 5.43 Å². The molecule has 0 bridgehead atoms. The van der Waals surface area contributed by atoms with Gasteiger partial charge in [0.25, 0.3) is 5.91 Å². The van der Waals surface area contributed by atoms with Gasteiger partial charge in [-0.1, -0.05) is 71.9 Å². The zero-order chi connectivity index (χ0) is 26.0. The van der Waals surface area contributed by atoms with Crippen LogP contribution in [0.4, 0.5) is 0 Å². The van der Waals surface area contributed by atoms with E-state index in [1.165, 1.54) is 18.0 Å². The van der Waals surface area contributed by atoms with Gasteiger partial charge in [0.15, 0.2) is 22.5 Å². The van der Waals surface area contributed by atoms with Gasteiger partial charge in [0.05, 0.1) is 31.2 Å². The van der Waals surface area contributed by atoms with E-state index in [2.05, 4.69) is 20.7 Å². The zero-order valence-corrected chi connectivity index (χ0v) is 21.7. The molecule has 1 amide bonds. The maximum atomic E-state index is 12.4. The number of methoxy groups -OCH3 is 2. The topological polar surface area (TPSA) is 90.6 Å². The minimum absolute atomic E-state index is 0.0776. The molecule has 8 nitrogen and oxygen atoms in total. The SMILES string of the molecule is COc1ccc(-c2nnc(SCC(=O)NN=CC(Cl)=Cc3ccccc3)n2-c2ccccc2)cc1OC. The molecule has 0 unspecified atom stereocenters. The standard InChI is InChI=1S/C27H24ClN5O3S/c1-35-23-14-13-20(16-24(23)36-2)26-31-32-27(33(26)22-11-7-4-8-12-22)37-18-25(34)30-29-17-21(28)15-19-9-5-3-6-10-19/h3-17H,18H2,1-2H3,(H,30,34). The Kier molecular flexibility index (Phi) is 8.96. The van der Waals surface area contributed by atoms with Crippen LogP contribution in [-0.4, -0.2) is 46.9 Å². The number of carbonyl (C=O) groups excluding carboxylic acids is 1. The van der Waals surface area contributed by atoms with Crippen molar-refractivity contribution in [3.8, 4) is 28.6 Å². The highest BCUT2D eigenvalue weighted by atomic mass is 35.5. The molecule has 0 fully saturated rings. The smallest absolute Gasteiger partial charge is 0.250 e. The summed E-state index contributed by atoms with van der Waals surface area (Å²) >= 11 is 7.42. The molecule has 1 heterocycles. The van der Waals surface area contributed by atoms with Crippen LogP contribution in [0.2, 0.25) is 0 Å². The minimum Gasteiger partial charge on any atom is -0.493 e. The van der Waals surface area contributed by atoms with Crippen LogP contribution in [0.5, 0.6) is 11.5 Å². The van der Waals surface area contributed by atoms with Crippen LogP contribution in [-0.2, 0) is 4.79 Å². The van der Waals surface area contributed by atoms with Crippen molar-refractivity contribution < 1.29 is 14.3 Å². The number of halogens is 1. The van der Waals surface area contributed by atoms with Crippen LogP contribution in [0.15, 0.2) is 94.2 Å². The van der Waals surface area contributed by atoms with Gasteiger partial charge in [-0.2, -0.15) is 5.10 Å². The van der Waals surface area contributed by atoms with Crippen LogP contribution in [0, 0.1) is 0 Å². The molecule has 37 heavy (non-hydrogen) atoms. The second kappa shape index (κ2) is 12.8. The third kappa shape index (κ3) is 6.78. The molecule has 188 valence electrons. The molecule has 1 N–H and O–H groups in total. The molecule has 0 spiro atoms. The summed E-state index contributed by atoms with van der Waals surface area (Å²) in [5.41, 5.74) is 5.07. The summed E-state index contributed by atoms with van der Waals surface area (Å²) < 4.78 is 12.7. The monoisotopic (exact) mass is 533 g/mol. The van der Waals surface area contributed by atoms with Crippen LogP contribution >= 0.6 is 23.4 Å². The molecular weight excluding hydrogens is 510 g/mol. The first kappa shape index (κ1) is 26.0. The predicted molar refractivity (Wildman–Crippen MR) is 148 cm³/mol. The summed E-state index contributed by atoms with van der Waals surface area (Å²) in [6.07, 6.45) is 3.14. The molecule has 1 aromatic heterocycles. The molecule has 4 rings (SSSR count). The van der Waals surface area contributed by atoms with Gasteiger partial charge in [-0.15, -0.1) is 10.2 Å². The third-order valence-electron chi connectivity index (χ3n) is 5.10. The Hall–Kier alpha value is -4.08. The number of aromatic nitrogens is 3. The van der Waals surface area contributed by atoms with E-state index < -0.39 is 0 Å². The van der Waals surface area contributed by atoms with Crippen molar-refractivity contribution >= 4 is 41.6 Å². The van der Waals surface area contributed by atoms with Gasteiger partial charge >= 0.3 is 0 Å². The van der Waals surface area contributed by atoms with Crippen molar-refractivity contribution in [2.45, 2.75) is 5.16 Å². The maximum absolute atomic E-state index is 12.4. The fraction of sp³-hybridized carbons (Fsp3) is 0.111. The fourth-order valence-electron chi connectivity index (χ4n) is 3.41. The lowest BCUT2D eigenvalue weighted by molar-refractivity contribution is -0.118. The Morgan fingerprint density at radius 3 is 2.41 bits per heavy atom. The first-order valence-corrected chi connectivity index (χ1v) is 12.6. The number of amides is 1. The number of benzene rings is 3. The molecule has 0 aliphatic carbocycles. The van der Waals surface area contributed by atoms with Gasteiger partial charge in [0.2, 0.25) is 0 Å². The number of hydrogen-bond donors (Lipinski definition) is 1. The molecule has 10 heteroatoms. The van der Waals surface area contributed by atoms with E-state index >= 15 is 0 Å². The lowest BCUT2D eigenvalue weighted by Crippen LogP contribution is -2.19. The lowest BCUT2D eigenvalue weighted by atomic mass is 10.2. The highest BCUT2D eigenvalue weighted by molar-refractivity contribution is 7.99. The van der Waals surface area contributed by atoms with Crippen molar-refractivity contribution in [1.82, 2.24) is 20.2 Å². The quantitative estimate of drug-likeness (QED) is 0.166. The summed E-state index contributed by atoms with van der Waals surface area (Å²) in [4.78, 5) is 12.4. The minimum atomic E-state index is -0.305. The summed E-state index contributed by atoms with van der Waals surface area (Å²) in [5, 5.41) is 13.6. The molecule has 0 saturated heterocycles. The molecule has 3 aromatic carbocycles. The van der Waals surface area contributed by atoms with Gasteiger partial charge in [-0.05, 0) is 42.0 Å². The van der Waals surface area contributed by atoms with Crippen molar-refractivity contribution in [2.75, 3.05) is 20.0 Å². The number of para-hydroxylation sites is 1. The Bertz CT molecular complexity index is 1410. The van der Waals surface area contributed by atoms with E-state index in [0.29, 0.717) is 27.5 Å². The predicted octanol–water partition coefficient (Wildman–Crippen LogP) is 5.43. The number of hydrogen-bond acceptors (Lipinski definition) is 7. The van der Waals surface area contributed by atoms with E-state index in [1.54, 1.807) is 20.3 Å². The molecule has 0 aliphatic rings. The molecule has 0 aliphatic heterocycles. The molecular formula is C27H24ClN5O3S. The van der Waals surface area contributed by atoms with Gasteiger partial charge < -0.3 is 9.47 Å².